The van der Waals surface area contributed by atoms with Crippen LogP contribution in [0.1, 0.15) is 26.8 Å². The summed E-state index contributed by atoms with van der Waals surface area (Å²) in [4.78, 5) is 25.1. The van der Waals surface area contributed by atoms with Crippen LogP contribution in [0.5, 0.6) is 5.75 Å². The van der Waals surface area contributed by atoms with Crippen LogP contribution in [-0.4, -0.2) is 23.6 Å². The van der Waals surface area contributed by atoms with Gasteiger partial charge in [0.05, 0.1) is 11.6 Å². The van der Waals surface area contributed by atoms with Crippen LogP contribution >= 0.6 is 11.3 Å². The Bertz CT molecular complexity index is 925. The molecule has 1 unspecified atom stereocenters. The van der Waals surface area contributed by atoms with Crippen LogP contribution in [0.4, 0.5) is 4.39 Å². The van der Waals surface area contributed by atoms with Crippen LogP contribution in [0.15, 0.2) is 66.0 Å². The second-order valence-corrected chi connectivity index (χ2v) is 6.67. The van der Waals surface area contributed by atoms with Gasteiger partial charge in [0.15, 0.2) is 6.61 Å². The molecule has 1 amide bonds. The number of carbonyl (C=O) groups is 2. The van der Waals surface area contributed by atoms with Crippen molar-refractivity contribution < 1.29 is 23.8 Å². The van der Waals surface area contributed by atoms with Crippen LogP contribution in [0, 0.1) is 5.82 Å². The van der Waals surface area contributed by atoms with E-state index in [2.05, 4.69) is 5.32 Å². The molecule has 0 saturated carbocycles. The predicted molar refractivity (Wildman–Crippen MR) is 99.1 cm³/mol. The van der Waals surface area contributed by atoms with E-state index >= 15 is 0 Å². The molecular weight excluding hydrogens is 369 g/mol. The highest BCUT2D eigenvalue weighted by Crippen LogP contribution is 2.26. The van der Waals surface area contributed by atoms with E-state index in [1.54, 1.807) is 12.1 Å². The van der Waals surface area contributed by atoms with Gasteiger partial charge in [-0.2, -0.15) is 0 Å². The molecule has 27 heavy (non-hydrogen) atoms. The van der Waals surface area contributed by atoms with Crippen molar-refractivity contribution in [1.82, 2.24) is 5.32 Å². The first-order valence-electron chi connectivity index (χ1n) is 8.07. The molecule has 1 heterocycles. The maximum absolute atomic E-state index is 13.2. The molecule has 0 saturated heterocycles. The number of thiophene rings is 1. The molecule has 1 atom stereocenters. The Morgan fingerprint density at radius 1 is 1.11 bits per heavy atom. The minimum atomic E-state index is -0.712. The molecule has 5 nitrogen and oxygen atoms in total. The first-order chi connectivity index (χ1) is 13.0. The highest BCUT2D eigenvalue weighted by Gasteiger charge is 2.19. The van der Waals surface area contributed by atoms with Gasteiger partial charge in [-0.1, -0.05) is 24.3 Å². The molecule has 138 valence electrons. The van der Waals surface area contributed by atoms with Crippen molar-refractivity contribution >= 4 is 23.2 Å². The zero-order valence-electron chi connectivity index (χ0n) is 14.1. The van der Waals surface area contributed by atoms with Gasteiger partial charge in [0.1, 0.15) is 11.6 Å². The van der Waals surface area contributed by atoms with Crippen LogP contribution < -0.4 is 5.32 Å². The van der Waals surface area contributed by atoms with E-state index in [0.29, 0.717) is 5.56 Å². The molecule has 7 heteroatoms. The summed E-state index contributed by atoms with van der Waals surface area (Å²) in [6, 6.07) is 14.7. The van der Waals surface area contributed by atoms with Gasteiger partial charge >= 0.3 is 5.97 Å². The number of hydrogen-bond acceptors (Lipinski definition) is 5. The highest BCUT2D eigenvalue weighted by atomic mass is 32.1. The number of halogens is 1. The summed E-state index contributed by atoms with van der Waals surface area (Å²) in [5.41, 5.74) is 0.864. The molecule has 0 aliphatic heterocycles. The van der Waals surface area contributed by atoms with Crippen molar-refractivity contribution in [3.05, 3.63) is 87.9 Å². The van der Waals surface area contributed by atoms with E-state index in [9.17, 15) is 19.1 Å². The van der Waals surface area contributed by atoms with Crippen LogP contribution in [0.25, 0.3) is 0 Å². The van der Waals surface area contributed by atoms with Crippen molar-refractivity contribution in [2.75, 3.05) is 6.61 Å². The van der Waals surface area contributed by atoms with Crippen LogP contribution in [0.2, 0.25) is 0 Å². The fourth-order valence-electron chi connectivity index (χ4n) is 2.48. The fourth-order valence-corrected chi connectivity index (χ4v) is 3.28. The molecule has 0 spiro atoms. The van der Waals surface area contributed by atoms with Gasteiger partial charge in [-0.15, -0.1) is 11.3 Å². The van der Waals surface area contributed by atoms with Gasteiger partial charge < -0.3 is 15.2 Å². The number of esters is 1. The normalized spacial score (nSPS) is 11.6. The molecular formula is C20H16FNO4S. The fraction of sp³-hybridized carbons (Fsp3) is 0.100. The predicted octanol–water partition coefficient (Wildman–Crippen LogP) is 3.66. The number of benzene rings is 2. The molecule has 0 aliphatic carbocycles. The monoisotopic (exact) mass is 385 g/mol. The minimum absolute atomic E-state index is 0.0667. The quantitative estimate of drug-likeness (QED) is 0.635. The number of carbonyl (C=O) groups excluding carboxylic acids is 2. The maximum Gasteiger partial charge on any atom is 0.338 e. The number of phenolic OH excluding ortho intramolecular Hbond substituents is 1. The summed E-state index contributed by atoms with van der Waals surface area (Å²) in [7, 11) is 0. The zero-order chi connectivity index (χ0) is 19.2. The molecule has 2 N–H and O–H groups in total. The second-order valence-electron chi connectivity index (χ2n) is 5.69. The number of ether oxygens (including phenoxy) is 1. The van der Waals surface area contributed by atoms with Crippen molar-refractivity contribution in [3.63, 3.8) is 0 Å². The summed E-state index contributed by atoms with van der Waals surface area (Å²) in [6.07, 6.45) is 0. The first-order valence-corrected chi connectivity index (χ1v) is 8.95. The number of phenols is 1. The van der Waals surface area contributed by atoms with Gasteiger partial charge in [-0.3, -0.25) is 4.79 Å². The van der Waals surface area contributed by atoms with E-state index in [1.807, 2.05) is 17.5 Å². The third-order valence-electron chi connectivity index (χ3n) is 3.75. The Kier molecular flexibility index (Phi) is 5.83. The number of amides is 1. The van der Waals surface area contributed by atoms with Crippen molar-refractivity contribution in [2.24, 2.45) is 0 Å². The third-order valence-corrected chi connectivity index (χ3v) is 4.69. The van der Waals surface area contributed by atoms with Gasteiger partial charge in [0.25, 0.3) is 5.91 Å². The number of aromatic hydroxyl groups is 1. The third kappa shape index (κ3) is 4.92. The van der Waals surface area contributed by atoms with E-state index in [-0.39, 0.29) is 17.1 Å². The summed E-state index contributed by atoms with van der Waals surface area (Å²) in [5.74, 6) is -1.64. The van der Waals surface area contributed by atoms with Crippen molar-refractivity contribution in [2.45, 2.75) is 6.04 Å². The average Bonchev–Trinajstić information content (AvgIpc) is 3.19. The number of hydrogen-bond donors (Lipinski definition) is 2. The molecule has 3 aromatic rings. The van der Waals surface area contributed by atoms with Crippen molar-refractivity contribution in [3.8, 4) is 5.75 Å². The van der Waals surface area contributed by atoms with Gasteiger partial charge in [0, 0.05) is 4.88 Å². The summed E-state index contributed by atoms with van der Waals surface area (Å²) >= 11 is 1.45. The standard InChI is InChI=1S/C20H16FNO4S/c21-15-8-6-13(7-9-15)19(17-5-2-10-27-17)22-18(24)12-26-20(25)14-3-1-4-16(23)11-14/h1-11,19,23H,12H2,(H,22,24). The molecule has 3 rings (SSSR count). The van der Waals surface area contributed by atoms with Gasteiger partial charge in [-0.05, 0) is 47.3 Å². The van der Waals surface area contributed by atoms with Crippen LogP contribution in [-0.2, 0) is 9.53 Å². The molecule has 0 fully saturated rings. The Morgan fingerprint density at radius 2 is 1.89 bits per heavy atom. The van der Waals surface area contributed by atoms with E-state index in [1.165, 1.54) is 47.7 Å². The second kappa shape index (κ2) is 8.46. The molecule has 0 bridgehead atoms. The maximum atomic E-state index is 13.2. The molecule has 1 aromatic heterocycles. The Hall–Kier alpha value is -3.19. The Morgan fingerprint density at radius 3 is 2.56 bits per heavy atom. The highest BCUT2D eigenvalue weighted by molar-refractivity contribution is 7.10. The first kappa shape index (κ1) is 18.6. The topological polar surface area (TPSA) is 75.6 Å². The lowest BCUT2D eigenvalue weighted by molar-refractivity contribution is -0.124. The van der Waals surface area contributed by atoms with Crippen LogP contribution in [0.3, 0.4) is 0 Å². The summed E-state index contributed by atoms with van der Waals surface area (Å²) in [6.45, 7) is -0.475. The lowest BCUT2D eigenvalue weighted by Gasteiger charge is -2.18. The molecule has 0 aliphatic rings. The SMILES string of the molecule is O=C(COC(=O)c1cccc(O)c1)NC(c1ccc(F)cc1)c1cccs1. The molecule has 0 radical (unpaired) electrons. The molecule has 2 aromatic carbocycles. The van der Waals surface area contributed by atoms with E-state index in [4.69, 9.17) is 4.74 Å². The Labute approximate surface area is 159 Å². The largest absolute Gasteiger partial charge is 0.508 e. The Balaban J connectivity index is 1.66. The zero-order valence-corrected chi connectivity index (χ0v) is 14.9. The summed E-state index contributed by atoms with van der Waals surface area (Å²) in [5, 5.41) is 14.1. The minimum Gasteiger partial charge on any atom is -0.508 e. The lowest BCUT2D eigenvalue weighted by atomic mass is 10.1. The summed E-state index contributed by atoms with van der Waals surface area (Å²) < 4.78 is 18.2. The number of nitrogens with one attached hydrogen (secondary N) is 1. The van der Waals surface area contributed by atoms with E-state index < -0.39 is 24.5 Å². The smallest absolute Gasteiger partial charge is 0.338 e. The van der Waals surface area contributed by atoms with Crippen molar-refractivity contribution in [1.29, 1.82) is 0 Å². The lowest BCUT2D eigenvalue weighted by Crippen LogP contribution is -2.32. The van der Waals surface area contributed by atoms with E-state index in [0.717, 1.165) is 4.88 Å². The number of rotatable bonds is 6. The van der Waals surface area contributed by atoms with Gasteiger partial charge in [0.2, 0.25) is 0 Å². The average molecular weight is 385 g/mol. The van der Waals surface area contributed by atoms with Gasteiger partial charge in [-0.25, -0.2) is 9.18 Å².